The standard InChI is InChI=1S/C13H21ClOSi/c1-10-9-11(14)7-8-12(10)15-16(5,6)13(2,3)4/h7-9H,1-6H3. The van der Waals surface area contributed by atoms with Gasteiger partial charge in [0.1, 0.15) is 5.75 Å². The SMILES string of the molecule is Cc1cc(Cl)ccc1O[Si](C)(C)C(C)(C)C. The van der Waals surface area contributed by atoms with Gasteiger partial charge in [0.2, 0.25) is 8.32 Å². The maximum absolute atomic E-state index is 6.23. The van der Waals surface area contributed by atoms with Crippen LogP contribution < -0.4 is 4.43 Å². The average molecular weight is 257 g/mol. The highest BCUT2D eigenvalue weighted by atomic mass is 35.5. The van der Waals surface area contributed by atoms with Crippen LogP contribution in [0.15, 0.2) is 18.2 Å². The molecule has 0 spiro atoms. The second-order valence-corrected chi connectivity index (χ2v) is 10.9. The molecule has 0 saturated heterocycles. The van der Waals surface area contributed by atoms with Crippen LogP contribution in [0.3, 0.4) is 0 Å². The van der Waals surface area contributed by atoms with Crippen molar-refractivity contribution in [1.29, 1.82) is 0 Å². The number of hydrogen-bond donors (Lipinski definition) is 0. The van der Waals surface area contributed by atoms with Crippen molar-refractivity contribution >= 4 is 19.9 Å². The lowest BCUT2D eigenvalue weighted by atomic mass is 10.2. The summed E-state index contributed by atoms with van der Waals surface area (Å²) in [5.74, 6) is 0.969. The predicted octanol–water partition coefficient (Wildman–Crippen LogP) is 5.03. The summed E-state index contributed by atoms with van der Waals surface area (Å²) in [7, 11) is -1.74. The van der Waals surface area contributed by atoms with Crippen molar-refractivity contribution < 1.29 is 4.43 Å². The zero-order valence-electron chi connectivity index (χ0n) is 11.0. The van der Waals surface area contributed by atoms with Crippen LogP contribution in [0.25, 0.3) is 0 Å². The van der Waals surface area contributed by atoms with Gasteiger partial charge in [-0.15, -0.1) is 0 Å². The molecule has 0 N–H and O–H groups in total. The van der Waals surface area contributed by atoms with E-state index >= 15 is 0 Å². The minimum Gasteiger partial charge on any atom is -0.543 e. The van der Waals surface area contributed by atoms with Gasteiger partial charge in [-0.2, -0.15) is 0 Å². The van der Waals surface area contributed by atoms with Crippen LogP contribution in [0.1, 0.15) is 26.3 Å². The van der Waals surface area contributed by atoms with Crippen LogP contribution >= 0.6 is 11.6 Å². The third-order valence-electron chi connectivity index (χ3n) is 3.31. The Hall–Kier alpha value is -0.473. The summed E-state index contributed by atoms with van der Waals surface area (Å²) in [6.07, 6.45) is 0. The minimum atomic E-state index is -1.74. The minimum absolute atomic E-state index is 0.221. The summed E-state index contributed by atoms with van der Waals surface area (Å²) in [5, 5.41) is 0.985. The summed E-state index contributed by atoms with van der Waals surface area (Å²) < 4.78 is 6.23. The van der Waals surface area contributed by atoms with Gasteiger partial charge in [0, 0.05) is 5.02 Å². The van der Waals surface area contributed by atoms with Gasteiger partial charge in [0.15, 0.2) is 0 Å². The highest BCUT2D eigenvalue weighted by Gasteiger charge is 2.39. The zero-order chi connectivity index (χ0) is 12.6. The van der Waals surface area contributed by atoms with Gasteiger partial charge in [-0.1, -0.05) is 32.4 Å². The third kappa shape index (κ3) is 3.02. The number of benzene rings is 1. The Balaban J connectivity index is 2.97. The summed E-state index contributed by atoms with van der Waals surface area (Å²) in [5.41, 5.74) is 1.11. The van der Waals surface area contributed by atoms with E-state index in [9.17, 15) is 0 Å². The number of aryl methyl sites for hydroxylation is 1. The van der Waals surface area contributed by atoms with Crippen molar-refractivity contribution in [3.05, 3.63) is 28.8 Å². The number of rotatable bonds is 2. The smallest absolute Gasteiger partial charge is 0.250 e. The molecule has 1 aromatic rings. The summed E-state index contributed by atoms with van der Waals surface area (Å²) in [6, 6.07) is 5.80. The van der Waals surface area contributed by atoms with Crippen LogP contribution in [0, 0.1) is 6.92 Å². The summed E-state index contributed by atoms with van der Waals surface area (Å²) in [4.78, 5) is 0. The molecule has 0 heterocycles. The fourth-order valence-corrected chi connectivity index (χ4v) is 2.47. The molecule has 90 valence electrons. The van der Waals surface area contributed by atoms with Crippen LogP contribution in [0.2, 0.25) is 23.2 Å². The molecule has 0 unspecified atom stereocenters. The summed E-state index contributed by atoms with van der Waals surface area (Å²) in [6.45, 7) is 13.3. The van der Waals surface area contributed by atoms with Crippen molar-refractivity contribution in [2.75, 3.05) is 0 Å². The Morgan fingerprint density at radius 1 is 1.19 bits per heavy atom. The monoisotopic (exact) mass is 256 g/mol. The molecule has 1 rings (SSSR count). The molecule has 0 aliphatic heterocycles. The largest absolute Gasteiger partial charge is 0.543 e. The first-order chi connectivity index (χ1) is 7.13. The Morgan fingerprint density at radius 2 is 1.75 bits per heavy atom. The Labute approximate surface area is 105 Å². The van der Waals surface area contributed by atoms with Gasteiger partial charge < -0.3 is 4.43 Å². The van der Waals surface area contributed by atoms with E-state index in [0.717, 1.165) is 16.3 Å². The van der Waals surface area contributed by atoms with Crippen molar-refractivity contribution in [2.45, 2.75) is 45.8 Å². The van der Waals surface area contributed by atoms with Crippen LogP contribution in [0.5, 0.6) is 5.75 Å². The molecule has 0 radical (unpaired) electrons. The molecule has 0 saturated carbocycles. The van der Waals surface area contributed by atoms with E-state index in [1.165, 1.54) is 0 Å². The predicted molar refractivity (Wildman–Crippen MR) is 74.0 cm³/mol. The first kappa shape index (κ1) is 13.6. The van der Waals surface area contributed by atoms with Gasteiger partial charge in [-0.25, -0.2) is 0 Å². The van der Waals surface area contributed by atoms with E-state index < -0.39 is 8.32 Å². The van der Waals surface area contributed by atoms with E-state index in [-0.39, 0.29) is 5.04 Å². The highest BCUT2D eigenvalue weighted by Crippen LogP contribution is 2.38. The van der Waals surface area contributed by atoms with Gasteiger partial charge in [-0.3, -0.25) is 0 Å². The van der Waals surface area contributed by atoms with E-state index in [1.54, 1.807) is 0 Å². The quantitative estimate of drug-likeness (QED) is 0.674. The van der Waals surface area contributed by atoms with Gasteiger partial charge in [0.05, 0.1) is 0 Å². The van der Waals surface area contributed by atoms with Gasteiger partial charge in [0.25, 0.3) is 0 Å². The van der Waals surface area contributed by atoms with E-state index in [1.807, 2.05) is 25.1 Å². The van der Waals surface area contributed by atoms with Crippen molar-refractivity contribution in [3.8, 4) is 5.75 Å². The van der Waals surface area contributed by atoms with Crippen molar-refractivity contribution in [2.24, 2.45) is 0 Å². The van der Waals surface area contributed by atoms with Crippen molar-refractivity contribution in [1.82, 2.24) is 0 Å². The molecule has 0 amide bonds. The Morgan fingerprint density at radius 3 is 2.19 bits per heavy atom. The molecular weight excluding hydrogens is 236 g/mol. The highest BCUT2D eigenvalue weighted by molar-refractivity contribution is 6.74. The molecule has 0 aliphatic rings. The Kier molecular flexibility index (Phi) is 3.75. The van der Waals surface area contributed by atoms with Crippen molar-refractivity contribution in [3.63, 3.8) is 0 Å². The molecule has 0 aromatic heterocycles. The molecule has 1 nitrogen and oxygen atoms in total. The molecule has 0 atom stereocenters. The second-order valence-electron chi connectivity index (χ2n) is 5.77. The normalized spacial score (nSPS) is 12.7. The van der Waals surface area contributed by atoms with E-state index in [0.29, 0.717) is 0 Å². The molecule has 0 bridgehead atoms. The fourth-order valence-electron chi connectivity index (χ4n) is 1.16. The molecule has 1 aromatic carbocycles. The average Bonchev–Trinajstić information content (AvgIpc) is 2.08. The van der Waals surface area contributed by atoms with Crippen LogP contribution in [0.4, 0.5) is 0 Å². The number of hydrogen-bond acceptors (Lipinski definition) is 1. The molecular formula is C13H21ClOSi. The van der Waals surface area contributed by atoms with Gasteiger partial charge in [-0.05, 0) is 48.8 Å². The van der Waals surface area contributed by atoms with Crippen LogP contribution in [-0.2, 0) is 0 Å². The fraction of sp³-hybridized carbons (Fsp3) is 0.538. The topological polar surface area (TPSA) is 9.23 Å². The maximum atomic E-state index is 6.23. The zero-order valence-corrected chi connectivity index (χ0v) is 12.8. The molecule has 0 fully saturated rings. The van der Waals surface area contributed by atoms with Crippen LogP contribution in [-0.4, -0.2) is 8.32 Å². The molecule has 0 aliphatic carbocycles. The summed E-state index contributed by atoms with van der Waals surface area (Å²) >= 11 is 5.93. The number of halogens is 1. The molecule has 3 heteroatoms. The lowest BCUT2D eigenvalue weighted by molar-refractivity contribution is 0.489. The third-order valence-corrected chi connectivity index (χ3v) is 7.89. The van der Waals surface area contributed by atoms with E-state index in [4.69, 9.17) is 16.0 Å². The van der Waals surface area contributed by atoms with E-state index in [2.05, 4.69) is 33.9 Å². The Bertz CT molecular complexity index is 380. The maximum Gasteiger partial charge on any atom is 0.250 e. The lowest BCUT2D eigenvalue weighted by Gasteiger charge is -2.36. The first-order valence-electron chi connectivity index (χ1n) is 5.59. The molecule has 16 heavy (non-hydrogen) atoms. The lowest BCUT2D eigenvalue weighted by Crippen LogP contribution is -2.44. The first-order valence-corrected chi connectivity index (χ1v) is 8.87. The van der Waals surface area contributed by atoms with Gasteiger partial charge >= 0.3 is 0 Å². The second kappa shape index (κ2) is 4.42.